The van der Waals surface area contributed by atoms with E-state index in [0.29, 0.717) is 30.0 Å². The molecule has 2 N–H and O–H groups in total. The highest BCUT2D eigenvalue weighted by Gasteiger charge is 2.26. The molecule has 1 saturated heterocycles. The number of likely N-dealkylation sites (N-methyl/N-ethyl adjacent to an activating group) is 1. The van der Waals surface area contributed by atoms with Crippen LogP contribution >= 0.6 is 0 Å². The third-order valence-corrected chi connectivity index (χ3v) is 3.71. The highest BCUT2D eigenvalue weighted by Crippen LogP contribution is 2.21. The maximum atomic E-state index is 12.7. The van der Waals surface area contributed by atoms with Gasteiger partial charge in [-0.15, -0.1) is 0 Å². The van der Waals surface area contributed by atoms with Crippen molar-refractivity contribution < 1.29 is 9.59 Å². The monoisotopic (exact) mass is 284 g/mol. The fraction of sp³-hybridized carbons (Fsp3) is 0.267. The van der Waals surface area contributed by atoms with E-state index in [4.69, 9.17) is 5.73 Å². The van der Waals surface area contributed by atoms with Gasteiger partial charge in [0.05, 0.1) is 11.1 Å². The summed E-state index contributed by atoms with van der Waals surface area (Å²) in [6.45, 7) is 1.17. The summed E-state index contributed by atoms with van der Waals surface area (Å²) in [5.41, 5.74) is 6.96. The zero-order chi connectivity index (χ0) is 15.0. The van der Waals surface area contributed by atoms with Gasteiger partial charge in [0.25, 0.3) is 5.91 Å². The van der Waals surface area contributed by atoms with Gasteiger partial charge in [-0.2, -0.15) is 0 Å². The summed E-state index contributed by atoms with van der Waals surface area (Å²) in [4.78, 5) is 31.9. The molecule has 1 aromatic heterocycles. The second kappa shape index (κ2) is 5.05. The van der Waals surface area contributed by atoms with Gasteiger partial charge in [0.15, 0.2) is 0 Å². The van der Waals surface area contributed by atoms with Gasteiger partial charge in [0, 0.05) is 25.5 Å². The minimum atomic E-state index is -0.179. The van der Waals surface area contributed by atoms with Gasteiger partial charge < -0.3 is 15.5 Å². The summed E-state index contributed by atoms with van der Waals surface area (Å²) in [6, 6.07) is 8.94. The van der Waals surface area contributed by atoms with E-state index in [0.717, 1.165) is 5.39 Å². The zero-order valence-corrected chi connectivity index (χ0v) is 11.7. The van der Waals surface area contributed by atoms with E-state index in [2.05, 4.69) is 4.98 Å². The smallest absolute Gasteiger partial charge is 0.255 e. The number of para-hydroxylation sites is 1. The van der Waals surface area contributed by atoms with Crippen LogP contribution in [-0.4, -0.2) is 53.3 Å². The first-order valence-corrected chi connectivity index (χ1v) is 6.75. The Balaban J connectivity index is 2.00. The summed E-state index contributed by atoms with van der Waals surface area (Å²) in [5, 5.41) is 0.753. The van der Waals surface area contributed by atoms with Crippen molar-refractivity contribution >= 4 is 28.5 Å². The third kappa shape index (κ3) is 2.40. The molecule has 1 aliphatic heterocycles. The number of nitrogens with zero attached hydrogens (tertiary/aromatic N) is 3. The van der Waals surface area contributed by atoms with Crippen molar-refractivity contribution in [3.63, 3.8) is 0 Å². The fourth-order valence-electron chi connectivity index (χ4n) is 2.47. The first-order valence-electron chi connectivity index (χ1n) is 6.75. The zero-order valence-electron chi connectivity index (χ0n) is 11.7. The number of rotatable bonds is 1. The van der Waals surface area contributed by atoms with Crippen molar-refractivity contribution in [2.24, 2.45) is 0 Å². The van der Waals surface area contributed by atoms with E-state index in [9.17, 15) is 9.59 Å². The SMILES string of the molecule is CN1CCN(C(=O)c2cc(N)nc3ccccc23)CC1=O. The highest BCUT2D eigenvalue weighted by atomic mass is 16.2. The van der Waals surface area contributed by atoms with Crippen molar-refractivity contribution in [1.82, 2.24) is 14.8 Å². The van der Waals surface area contributed by atoms with E-state index in [1.165, 1.54) is 0 Å². The minimum Gasteiger partial charge on any atom is -0.384 e. The van der Waals surface area contributed by atoms with Crippen LogP contribution in [-0.2, 0) is 4.79 Å². The van der Waals surface area contributed by atoms with Crippen LogP contribution in [0.15, 0.2) is 30.3 Å². The van der Waals surface area contributed by atoms with E-state index in [1.54, 1.807) is 22.9 Å². The lowest BCUT2D eigenvalue weighted by Crippen LogP contribution is -2.50. The molecule has 0 aliphatic carbocycles. The summed E-state index contributed by atoms with van der Waals surface area (Å²) in [6.07, 6.45) is 0. The molecule has 0 unspecified atom stereocenters. The maximum absolute atomic E-state index is 12.7. The quantitative estimate of drug-likeness (QED) is 0.837. The Kier molecular flexibility index (Phi) is 3.21. The third-order valence-electron chi connectivity index (χ3n) is 3.71. The molecule has 2 heterocycles. The lowest BCUT2D eigenvalue weighted by atomic mass is 10.1. The summed E-state index contributed by atoms with van der Waals surface area (Å²) in [7, 11) is 1.74. The molecule has 0 atom stereocenters. The maximum Gasteiger partial charge on any atom is 0.255 e. The average molecular weight is 284 g/mol. The van der Waals surface area contributed by atoms with Crippen molar-refractivity contribution in [3.05, 3.63) is 35.9 Å². The molecule has 2 amide bonds. The topological polar surface area (TPSA) is 79.5 Å². The number of aromatic nitrogens is 1. The number of nitrogen functional groups attached to an aromatic ring is 1. The van der Waals surface area contributed by atoms with E-state index in [-0.39, 0.29) is 18.4 Å². The van der Waals surface area contributed by atoms with Crippen molar-refractivity contribution in [1.29, 1.82) is 0 Å². The van der Waals surface area contributed by atoms with Crippen LogP contribution in [0, 0.1) is 0 Å². The van der Waals surface area contributed by atoms with Crippen molar-refractivity contribution in [2.75, 3.05) is 32.4 Å². The number of carbonyl (C=O) groups is 2. The van der Waals surface area contributed by atoms with Crippen molar-refractivity contribution in [2.45, 2.75) is 0 Å². The van der Waals surface area contributed by atoms with Gasteiger partial charge >= 0.3 is 0 Å². The number of piperazine rings is 1. The van der Waals surface area contributed by atoms with Gasteiger partial charge in [0.2, 0.25) is 5.91 Å². The largest absolute Gasteiger partial charge is 0.384 e. The van der Waals surface area contributed by atoms with Crippen LogP contribution in [0.25, 0.3) is 10.9 Å². The Labute approximate surface area is 122 Å². The Morgan fingerprint density at radius 2 is 2.05 bits per heavy atom. The molecule has 0 radical (unpaired) electrons. The molecular formula is C15H16N4O2. The first kappa shape index (κ1) is 13.4. The molecule has 2 aromatic rings. The fourth-order valence-corrected chi connectivity index (χ4v) is 2.47. The average Bonchev–Trinajstić information content (AvgIpc) is 2.48. The molecule has 108 valence electrons. The number of amides is 2. The predicted octanol–water partition coefficient (Wildman–Crippen LogP) is 0.731. The van der Waals surface area contributed by atoms with Gasteiger partial charge in [-0.05, 0) is 12.1 Å². The van der Waals surface area contributed by atoms with Gasteiger partial charge in [0.1, 0.15) is 12.4 Å². The van der Waals surface area contributed by atoms with Crippen LogP contribution in [0.3, 0.4) is 0 Å². The molecular weight excluding hydrogens is 268 g/mol. The molecule has 0 saturated carbocycles. The summed E-state index contributed by atoms with van der Waals surface area (Å²) in [5.74, 6) is 0.0696. The first-order chi connectivity index (χ1) is 10.1. The number of fused-ring (bicyclic) bond motifs is 1. The molecule has 0 spiro atoms. The molecule has 1 aromatic carbocycles. The van der Waals surface area contributed by atoms with E-state index < -0.39 is 0 Å². The van der Waals surface area contributed by atoms with Crippen LogP contribution < -0.4 is 5.73 Å². The number of benzene rings is 1. The predicted molar refractivity (Wildman–Crippen MR) is 79.7 cm³/mol. The van der Waals surface area contributed by atoms with Gasteiger partial charge in [-0.1, -0.05) is 18.2 Å². The van der Waals surface area contributed by atoms with Crippen LogP contribution in [0.4, 0.5) is 5.82 Å². The van der Waals surface area contributed by atoms with Crippen LogP contribution in [0.2, 0.25) is 0 Å². The summed E-state index contributed by atoms with van der Waals surface area (Å²) >= 11 is 0. The Morgan fingerprint density at radius 3 is 2.81 bits per heavy atom. The standard InChI is InChI=1S/C15H16N4O2/c1-18-6-7-19(9-14(18)20)15(21)11-8-13(16)17-12-5-3-2-4-10(11)12/h2-5,8H,6-7,9H2,1H3,(H2,16,17). The number of anilines is 1. The van der Waals surface area contributed by atoms with Gasteiger partial charge in [-0.3, -0.25) is 9.59 Å². The number of carbonyl (C=O) groups excluding carboxylic acids is 2. The molecule has 0 bridgehead atoms. The molecule has 6 nitrogen and oxygen atoms in total. The second-order valence-corrected chi connectivity index (χ2v) is 5.15. The Morgan fingerprint density at radius 1 is 1.29 bits per heavy atom. The lowest BCUT2D eigenvalue weighted by molar-refractivity contribution is -0.133. The minimum absolute atomic E-state index is 0.0547. The van der Waals surface area contributed by atoms with Gasteiger partial charge in [-0.25, -0.2) is 4.98 Å². The van der Waals surface area contributed by atoms with Crippen LogP contribution in [0.1, 0.15) is 10.4 Å². The molecule has 1 fully saturated rings. The molecule has 6 heteroatoms. The number of nitrogens with two attached hydrogens (primary N) is 1. The van der Waals surface area contributed by atoms with Crippen LogP contribution in [0.5, 0.6) is 0 Å². The highest BCUT2D eigenvalue weighted by molar-refractivity contribution is 6.07. The number of pyridine rings is 1. The summed E-state index contributed by atoms with van der Waals surface area (Å²) < 4.78 is 0. The Hall–Kier alpha value is -2.63. The Bertz CT molecular complexity index is 729. The molecule has 21 heavy (non-hydrogen) atoms. The normalized spacial score (nSPS) is 15.6. The second-order valence-electron chi connectivity index (χ2n) is 5.15. The number of hydrogen-bond acceptors (Lipinski definition) is 4. The molecule has 1 aliphatic rings. The lowest BCUT2D eigenvalue weighted by Gasteiger charge is -2.32. The van der Waals surface area contributed by atoms with Crippen molar-refractivity contribution in [3.8, 4) is 0 Å². The van der Waals surface area contributed by atoms with E-state index >= 15 is 0 Å². The number of hydrogen-bond donors (Lipinski definition) is 1. The molecule has 3 rings (SSSR count). The van der Waals surface area contributed by atoms with E-state index in [1.807, 2.05) is 24.3 Å².